The molecule has 2 N–H and O–H groups in total. The van der Waals surface area contributed by atoms with Crippen LogP contribution in [0, 0.1) is 0 Å². The van der Waals surface area contributed by atoms with Crippen molar-refractivity contribution in [2.75, 3.05) is 17.2 Å². The van der Waals surface area contributed by atoms with Crippen LogP contribution in [0.4, 0.5) is 24.9 Å². The van der Waals surface area contributed by atoms with Crippen molar-refractivity contribution in [3.05, 3.63) is 30.6 Å². The zero-order valence-electron chi connectivity index (χ0n) is 11.6. The topological polar surface area (TPSA) is 67.9 Å². The molecule has 22 heavy (non-hydrogen) atoms. The van der Waals surface area contributed by atoms with Gasteiger partial charge in [0.05, 0.1) is 5.69 Å². The summed E-state index contributed by atoms with van der Waals surface area (Å²) in [4.78, 5) is 13.5. The lowest BCUT2D eigenvalue weighted by molar-refractivity contribution is -0.146. The molecule has 3 rings (SSSR count). The SMILES string of the molecule is Nc1cccc(-c2cnc(N3CCCC3C(F)(F)F)nc2)n1. The maximum absolute atomic E-state index is 13.0. The maximum Gasteiger partial charge on any atom is 0.408 e. The Hall–Kier alpha value is -2.38. The van der Waals surface area contributed by atoms with Gasteiger partial charge in [0, 0.05) is 24.5 Å². The van der Waals surface area contributed by atoms with Crippen LogP contribution in [0.3, 0.4) is 0 Å². The highest BCUT2D eigenvalue weighted by molar-refractivity contribution is 5.59. The number of pyridine rings is 1. The number of anilines is 2. The van der Waals surface area contributed by atoms with Gasteiger partial charge < -0.3 is 10.6 Å². The van der Waals surface area contributed by atoms with E-state index in [0.29, 0.717) is 30.0 Å². The summed E-state index contributed by atoms with van der Waals surface area (Å²) in [6.45, 7) is 0.306. The number of aromatic nitrogens is 3. The summed E-state index contributed by atoms with van der Waals surface area (Å²) in [5, 5.41) is 0. The normalized spacial score (nSPS) is 18.7. The number of nitrogens with two attached hydrogens (primary N) is 1. The second-order valence-electron chi connectivity index (χ2n) is 5.11. The van der Waals surface area contributed by atoms with Gasteiger partial charge in [-0.05, 0) is 25.0 Å². The maximum atomic E-state index is 13.0. The van der Waals surface area contributed by atoms with Crippen LogP contribution in [-0.4, -0.2) is 33.7 Å². The Morgan fingerprint density at radius 3 is 2.55 bits per heavy atom. The summed E-state index contributed by atoms with van der Waals surface area (Å²) in [7, 11) is 0. The molecule has 8 heteroatoms. The van der Waals surface area contributed by atoms with Gasteiger partial charge in [-0.25, -0.2) is 15.0 Å². The van der Waals surface area contributed by atoms with Crippen molar-refractivity contribution >= 4 is 11.8 Å². The Morgan fingerprint density at radius 2 is 1.91 bits per heavy atom. The number of nitrogens with zero attached hydrogens (tertiary/aromatic N) is 4. The van der Waals surface area contributed by atoms with E-state index in [1.54, 1.807) is 18.2 Å². The quantitative estimate of drug-likeness (QED) is 0.923. The first kappa shape index (κ1) is 14.6. The van der Waals surface area contributed by atoms with E-state index in [9.17, 15) is 13.2 Å². The Balaban J connectivity index is 1.85. The monoisotopic (exact) mass is 309 g/mol. The molecule has 0 spiro atoms. The average molecular weight is 309 g/mol. The summed E-state index contributed by atoms with van der Waals surface area (Å²) in [5.41, 5.74) is 6.80. The molecule has 1 atom stereocenters. The lowest BCUT2D eigenvalue weighted by Crippen LogP contribution is -2.42. The zero-order chi connectivity index (χ0) is 15.7. The molecular formula is C14H14F3N5. The average Bonchev–Trinajstić information content (AvgIpc) is 2.97. The van der Waals surface area contributed by atoms with E-state index in [2.05, 4.69) is 15.0 Å². The van der Waals surface area contributed by atoms with Crippen LogP contribution < -0.4 is 10.6 Å². The van der Waals surface area contributed by atoms with E-state index < -0.39 is 12.2 Å². The first-order valence-corrected chi connectivity index (χ1v) is 6.83. The van der Waals surface area contributed by atoms with Crippen LogP contribution in [0.15, 0.2) is 30.6 Å². The summed E-state index contributed by atoms with van der Waals surface area (Å²) >= 11 is 0. The Labute approximate surface area is 125 Å². The van der Waals surface area contributed by atoms with Crippen molar-refractivity contribution < 1.29 is 13.2 Å². The van der Waals surface area contributed by atoms with Crippen molar-refractivity contribution in [1.29, 1.82) is 0 Å². The van der Waals surface area contributed by atoms with E-state index in [4.69, 9.17) is 5.73 Å². The predicted octanol–water partition coefficient (Wildman–Crippen LogP) is 2.65. The Morgan fingerprint density at radius 1 is 1.18 bits per heavy atom. The molecule has 1 fully saturated rings. The molecule has 1 saturated heterocycles. The number of hydrogen-bond donors (Lipinski definition) is 1. The van der Waals surface area contributed by atoms with Crippen molar-refractivity contribution in [3.63, 3.8) is 0 Å². The number of alkyl halides is 3. The van der Waals surface area contributed by atoms with Gasteiger partial charge in [-0.2, -0.15) is 13.2 Å². The van der Waals surface area contributed by atoms with Crippen molar-refractivity contribution in [1.82, 2.24) is 15.0 Å². The van der Waals surface area contributed by atoms with Gasteiger partial charge >= 0.3 is 6.18 Å². The van der Waals surface area contributed by atoms with E-state index >= 15 is 0 Å². The fourth-order valence-electron chi connectivity index (χ4n) is 2.56. The molecule has 5 nitrogen and oxygen atoms in total. The lowest BCUT2D eigenvalue weighted by atomic mass is 10.2. The van der Waals surface area contributed by atoms with Crippen molar-refractivity contribution in [2.24, 2.45) is 0 Å². The summed E-state index contributed by atoms with van der Waals surface area (Å²) in [5.74, 6) is 0.450. The van der Waals surface area contributed by atoms with Gasteiger partial charge in [-0.15, -0.1) is 0 Å². The smallest absolute Gasteiger partial charge is 0.384 e. The molecule has 0 aliphatic carbocycles. The fraction of sp³-hybridized carbons (Fsp3) is 0.357. The predicted molar refractivity (Wildman–Crippen MR) is 76.1 cm³/mol. The molecule has 116 valence electrons. The summed E-state index contributed by atoms with van der Waals surface area (Å²) in [6.07, 6.45) is -0.781. The Kier molecular flexibility index (Phi) is 3.59. The molecule has 3 heterocycles. The lowest BCUT2D eigenvalue weighted by Gasteiger charge is -2.26. The van der Waals surface area contributed by atoms with Crippen LogP contribution in [0.1, 0.15) is 12.8 Å². The van der Waals surface area contributed by atoms with Gasteiger partial charge in [-0.1, -0.05) is 6.07 Å². The second kappa shape index (κ2) is 5.43. The van der Waals surface area contributed by atoms with E-state index in [1.807, 2.05) is 0 Å². The molecule has 0 aromatic carbocycles. The molecule has 2 aromatic rings. The number of halogens is 3. The molecule has 2 aromatic heterocycles. The van der Waals surface area contributed by atoms with E-state index in [0.717, 1.165) is 0 Å². The molecule has 0 saturated carbocycles. The van der Waals surface area contributed by atoms with Crippen LogP contribution in [-0.2, 0) is 0 Å². The van der Waals surface area contributed by atoms with Crippen LogP contribution >= 0.6 is 0 Å². The minimum atomic E-state index is -4.27. The highest BCUT2D eigenvalue weighted by Crippen LogP contribution is 2.34. The van der Waals surface area contributed by atoms with Crippen molar-refractivity contribution in [3.8, 4) is 11.3 Å². The van der Waals surface area contributed by atoms with Gasteiger partial charge in [0.15, 0.2) is 0 Å². The molecule has 0 radical (unpaired) electrons. The number of hydrogen-bond acceptors (Lipinski definition) is 5. The standard InChI is InChI=1S/C14H14F3N5/c15-14(16,17)11-4-2-6-22(11)13-19-7-9(8-20-13)10-3-1-5-12(18)21-10/h1,3,5,7-8,11H,2,4,6H2,(H2,18,21). The summed E-state index contributed by atoms with van der Waals surface area (Å²) < 4.78 is 38.9. The van der Waals surface area contributed by atoms with Crippen molar-refractivity contribution in [2.45, 2.75) is 25.1 Å². The molecule has 1 aliphatic rings. The zero-order valence-corrected chi connectivity index (χ0v) is 11.6. The fourth-order valence-corrected chi connectivity index (χ4v) is 2.56. The van der Waals surface area contributed by atoms with Crippen LogP contribution in [0.2, 0.25) is 0 Å². The van der Waals surface area contributed by atoms with Crippen LogP contribution in [0.25, 0.3) is 11.3 Å². The van der Waals surface area contributed by atoms with Gasteiger partial charge in [0.1, 0.15) is 11.9 Å². The molecule has 0 bridgehead atoms. The molecule has 1 unspecified atom stereocenters. The van der Waals surface area contributed by atoms with Gasteiger partial charge in [-0.3, -0.25) is 0 Å². The highest BCUT2D eigenvalue weighted by atomic mass is 19.4. The van der Waals surface area contributed by atoms with Crippen LogP contribution in [0.5, 0.6) is 0 Å². The third-order valence-electron chi connectivity index (χ3n) is 3.59. The summed E-state index contributed by atoms with van der Waals surface area (Å²) in [6, 6.07) is 3.62. The minimum absolute atomic E-state index is 0.0748. The number of nitrogen functional groups attached to an aromatic ring is 1. The first-order chi connectivity index (χ1) is 10.4. The molecule has 1 aliphatic heterocycles. The molecular weight excluding hydrogens is 295 g/mol. The van der Waals surface area contributed by atoms with Gasteiger partial charge in [0.25, 0.3) is 0 Å². The van der Waals surface area contributed by atoms with E-state index in [-0.39, 0.29) is 12.4 Å². The largest absolute Gasteiger partial charge is 0.408 e. The second-order valence-corrected chi connectivity index (χ2v) is 5.11. The van der Waals surface area contributed by atoms with Gasteiger partial charge in [0.2, 0.25) is 5.95 Å². The van der Waals surface area contributed by atoms with E-state index in [1.165, 1.54) is 17.3 Å². The Bertz CT molecular complexity index is 656. The third kappa shape index (κ3) is 2.81. The molecule has 0 amide bonds. The highest BCUT2D eigenvalue weighted by Gasteiger charge is 2.46. The third-order valence-corrected chi connectivity index (χ3v) is 3.59. The first-order valence-electron chi connectivity index (χ1n) is 6.83. The number of rotatable bonds is 2. The minimum Gasteiger partial charge on any atom is -0.384 e.